The molecule has 2 heterocycles. The summed E-state index contributed by atoms with van der Waals surface area (Å²) in [5, 5.41) is 14.3. The van der Waals surface area contributed by atoms with Gasteiger partial charge in [-0.05, 0) is 0 Å². The van der Waals surface area contributed by atoms with Crippen molar-refractivity contribution in [3.05, 3.63) is 34.8 Å². The number of carbonyl (C=O) groups excluding carboxylic acids is 1. The van der Waals surface area contributed by atoms with Crippen LogP contribution >= 0.6 is 11.3 Å². The molecule has 0 aliphatic rings. The number of aromatic nitrogens is 3. The summed E-state index contributed by atoms with van der Waals surface area (Å²) in [6, 6.07) is -0.558. The molecule has 0 unspecified atom stereocenters. The number of aliphatic hydroxyl groups is 1. The summed E-state index contributed by atoms with van der Waals surface area (Å²) in [5.74, 6) is -0.523. The van der Waals surface area contributed by atoms with Gasteiger partial charge in [0.2, 0.25) is 5.60 Å². The normalized spacial score (nSPS) is 14.2. The maximum absolute atomic E-state index is 13.3. The zero-order chi connectivity index (χ0) is 18.7. The summed E-state index contributed by atoms with van der Waals surface area (Å²) < 4.78 is 41.1. The molecule has 2 rings (SSSR count). The summed E-state index contributed by atoms with van der Waals surface area (Å²) in [6.07, 6.45) is -3.19. The molecular formula is C14H18F3N5O2S. The van der Waals surface area contributed by atoms with E-state index in [1.54, 1.807) is 10.9 Å². The molecule has 0 saturated carbocycles. The second-order valence-corrected chi connectivity index (χ2v) is 6.26. The van der Waals surface area contributed by atoms with Gasteiger partial charge in [-0.1, -0.05) is 0 Å². The number of hydrogen-bond donors (Lipinski definition) is 2. The Morgan fingerprint density at radius 2 is 2.16 bits per heavy atom. The molecule has 2 amide bonds. The molecule has 0 aromatic carbocycles. The van der Waals surface area contributed by atoms with Gasteiger partial charge in [0.25, 0.3) is 0 Å². The average Bonchev–Trinajstić information content (AvgIpc) is 3.17. The van der Waals surface area contributed by atoms with Crippen molar-refractivity contribution in [1.29, 1.82) is 0 Å². The second kappa shape index (κ2) is 7.40. The number of rotatable bonds is 6. The Balaban J connectivity index is 1.97. The van der Waals surface area contributed by atoms with E-state index in [1.165, 1.54) is 42.7 Å². The number of nitrogens with one attached hydrogen (secondary N) is 1. The lowest BCUT2D eigenvalue weighted by Gasteiger charge is -2.30. The number of nitrogens with zero attached hydrogens (tertiary/aromatic N) is 4. The van der Waals surface area contributed by atoms with Crippen molar-refractivity contribution in [1.82, 2.24) is 24.8 Å². The highest BCUT2D eigenvalue weighted by Crippen LogP contribution is 2.40. The van der Waals surface area contributed by atoms with E-state index in [-0.39, 0.29) is 13.1 Å². The molecule has 0 saturated heterocycles. The van der Waals surface area contributed by atoms with Gasteiger partial charge in [-0.25, -0.2) is 14.8 Å². The predicted octanol–water partition coefficient (Wildman–Crippen LogP) is 1.86. The number of thiazole rings is 1. The Bertz CT molecular complexity index is 704. The number of hydrogen-bond acceptors (Lipinski definition) is 5. The quantitative estimate of drug-likeness (QED) is 0.805. The van der Waals surface area contributed by atoms with Gasteiger partial charge in [0.15, 0.2) is 0 Å². The van der Waals surface area contributed by atoms with E-state index >= 15 is 0 Å². The maximum atomic E-state index is 13.3. The van der Waals surface area contributed by atoms with Gasteiger partial charge in [-0.3, -0.25) is 0 Å². The minimum Gasteiger partial charge on any atom is -0.374 e. The second-order valence-electron chi connectivity index (χ2n) is 5.54. The molecule has 138 valence electrons. The van der Waals surface area contributed by atoms with E-state index in [9.17, 15) is 23.1 Å². The van der Waals surface area contributed by atoms with E-state index < -0.39 is 30.1 Å². The van der Waals surface area contributed by atoms with Gasteiger partial charge >= 0.3 is 12.2 Å². The molecule has 0 aliphatic carbocycles. The Labute approximate surface area is 146 Å². The number of imidazole rings is 1. The SMILES string of the molecule is CN(Cc1cscn1)C(=O)NCC[C@](O)(c1nccn1C)C(F)(F)F. The van der Waals surface area contributed by atoms with Crippen LogP contribution in [0.5, 0.6) is 0 Å². The third-order valence-corrected chi connectivity index (χ3v) is 4.29. The van der Waals surface area contributed by atoms with Crippen molar-refractivity contribution in [2.75, 3.05) is 13.6 Å². The largest absolute Gasteiger partial charge is 0.424 e. The maximum Gasteiger partial charge on any atom is 0.424 e. The van der Waals surface area contributed by atoms with Crippen LogP contribution in [0, 0.1) is 0 Å². The molecule has 0 radical (unpaired) electrons. The summed E-state index contributed by atoms with van der Waals surface area (Å²) in [4.78, 5) is 20.9. The van der Waals surface area contributed by atoms with Crippen molar-refractivity contribution in [3.8, 4) is 0 Å². The van der Waals surface area contributed by atoms with Crippen LogP contribution in [0.4, 0.5) is 18.0 Å². The lowest BCUT2D eigenvalue weighted by Crippen LogP contribution is -2.47. The highest BCUT2D eigenvalue weighted by molar-refractivity contribution is 7.07. The third kappa shape index (κ3) is 4.28. The van der Waals surface area contributed by atoms with Crippen LogP contribution in [0.3, 0.4) is 0 Å². The first-order chi connectivity index (χ1) is 11.6. The molecule has 1 atom stereocenters. The van der Waals surface area contributed by atoms with E-state index in [2.05, 4.69) is 15.3 Å². The summed E-state index contributed by atoms with van der Waals surface area (Å²) in [5.41, 5.74) is -0.842. The lowest BCUT2D eigenvalue weighted by molar-refractivity contribution is -0.272. The minimum absolute atomic E-state index is 0.234. The van der Waals surface area contributed by atoms with Gasteiger partial charge in [0.05, 0.1) is 17.7 Å². The van der Waals surface area contributed by atoms with Crippen LogP contribution in [0.15, 0.2) is 23.3 Å². The average molecular weight is 377 g/mol. The molecule has 2 N–H and O–H groups in total. The predicted molar refractivity (Wildman–Crippen MR) is 84.8 cm³/mol. The smallest absolute Gasteiger partial charge is 0.374 e. The van der Waals surface area contributed by atoms with Crippen molar-refractivity contribution in [2.45, 2.75) is 24.7 Å². The van der Waals surface area contributed by atoms with Crippen LogP contribution < -0.4 is 5.32 Å². The van der Waals surface area contributed by atoms with Gasteiger partial charge in [-0.15, -0.1) is 11.3 Å². The number of halogens is 3. The first kappa shape index (κ1) is 19.2. The standard InChI is InChI=1S/C14H18F3N5O2S/c1-21-6-5-18-11(21)13(24,14(15,16)17)3-4-19-12(23)22(2)7-10-8-25-9-20-10/h5-6,8-9,24H,3-4,7H2,1-2H3,(H,19,23)/t13-/m0/s1. The number of aryl methyl sites for hydroxylation is 1. The van der Waals surface area contributed by atoms with Crippen LogP contribution in [0.2, 0.25) is 0 Å². The fourth-order valence-corrected chi connectivity index (χ4v) is 2.81. The molecule has 25 heavy (non-hydrogen) atoms. The van der Waals surface area contributed by atoms with Gasteiger partial charge in [0.1, 0.15) is 5.82 Å². The molecule has 0 spiro atoms. The number of amides is 2. The summed E-state index contributed by atoms with van der Waals surface area (Å²) in [6.45, 7) is -0.138. The zero-order valence-electron chi connectivity index (χ0n) is 13.6. The lowest BCUT2D eigenvalue weighted by atomic mass is 9.97. The molecule has 0 bridgehead atoms. The van der Waals surface area contributed by atoms with Crippen molar-refractivity contribution < 1.29 is 23.1 Å². The van der Waals surface area contributed by atoms with E-state index in [0.29, 0.717) is 5.69 Å². The molecule has 2 aromatic heterocycles. The zero-order valence-corrected chi connectivity index (χ0v) is 14.4. The van der Waals surface area contributed by atoms with Crippen LogP contribution in [-0.2, 0) is 19.2 Å². The monoisotopic (exact) mass is 377 g/mol. The Morgan fingerprint density at radius 1 is 1.44 bits per heavy atom. The highest BCUT2D eigenvalue weighted by atomic mass is 32.1. The number of urea groups is 1. The number of alkyl halides is 3. The Morgan fingerprint density at radius 3 is 2.68 bits per heavy atom. The Hall–Kier alpha value is -2.14. The summed E-state index contributed by atoms with van der Waals surface area (Å²) in [7, 11) is 2.86. The Kier molecular flexibility index (Phi) is 5.68. The molecule has 0 fully saturated rings. The fraction of sp³-hybridized carbons (Fsp3) is 0.500. The first-order valence-electron chi connectivity index (χ1n) is 7.28. The molecule has 2 aromatic rings. The van der Waals surface area contributed by atoms with Crippen molar-refractivity contribution in [3.63, 3.8) is 0 Å². The topological polar surface area (TPSA) is 83.3 Å². The first-order valence-corrected chi connectivity index (χ1v) is 8.22. The van der Waals surface area contributed by atoms with Crippen LogP contribution in [0.25, 0.3) is 0 Å². The third-order valence-electron chi connectivity index (χ3n) is 3.65. The van der Waals surface area contributed by atoms with Gasteiger partial charge < -0.3 is 19.9 Å². The van der Waals surface area contributed by atoms with Gasteiger partial charge in [0, 0.05) is 44.8 Å². The summed E-state index contributed by atoms with van der Waals surface area (Å²) >= 11 is 1.38. The van der Waals surface area contributed by atoms with E-state index in [1.807, 2.05) is 0 Å². The molecule has 0 aliphatic heterocycles. The fourth-order valence-electron chi connectivity index (χ4n) is 2.26. The highest BCUT2D eigenvalue weighted by Gasteiger charge is 2.57. The van der Waals surface area contributed by atoms with Crippen LogP contribution in [0.1, 0.15) is 17.9 Å². The molecule has 7 nitrogen and oxygen atoms in total. The van der Waals surface area contributed by atoms with Crippen molar-refractivity contribution in [2.24, 2.45) is 7.05 Å². The minimum atomic E-state index is -4.93. The van der Waals surface area contributed by atoms with Gasteiger partial charge in [-0.2, -0.15) is 13.2 Å². The molecular weight excluding hydrogens is 359 g/mol. The van der Waals surface area contributed by atoms with E-state index in [4.69, 9.17) is 0 Å². The van der Waals surface area contributed by atoms with Crippen LogP contribution in [-0.4, -0.2) is 50.3 Å². The number of carbonyl (C=O) groups is 1. The molecule has 11 heteroatoms. The van der Waals surface area contributed by atoms with Crippen molar-refractivity contribution >= 4 is 17.4 Å². The van der Waals surface area contributed by atoms with E-state index in [0.717, 1.165) is 4.57 Å².